The molecule has 1 aromatic rings. The zero-order valence-corrected chi connectivity index (χ0v) is 20.6. The Kier molecular flexibility index (Phi) is 6.91. The maximum absolute atomic E-state index is 14.0. The summed E-state index contributed by atoms with van der Waals surface area (Å²) in [5.74, 6) is 2.27. The van der Waals surface area contributed by atoms with Gasteiger partial charge in [-0.15, -0.1) is 6.42 Å². The predicted octanol–water partition coefficient (Wildman–Crippen LogP) is 1.24. The van der Waals surface area contributed by atoms with Gasteiger partial charge < -0.3 is 25.0 Å². The van der Waals surface area contributed by atoms with E-state index in [2.05, 4.69) is 21.9 Å². The van der Waals surface area contributed by atoms with Gasteiger partial charge in [-0.05, 0) is 26.0 Å². The first-order valence-electron chi connectivity index (χ1n) is 12.9. The van der Waals surface area contributed by atoms with Gasteiger partial charge in [0.05, 0.1) is 19.3 Å². The monoisotopic (exact) mass is 494 g/mol. The summed E-state index contributed by atoms with van der Waals surface area (Å²) in [6.45, 7) is 0.831. The van der Waals surface area contributed by atoms with E-state index < -0.39 is 30.3 Å². The molecule has 0 bridgehead atoms. The molecule has 9 heteroatoms. The van der Waals surface area contributed by atoms with E-state index in [0.29, 0.717) is 32.5 Å². The molecular weight excluding hydrogens is 460 g/mol. The van der Waals surface area contributed by atoms with Gasteiger partial charge in [-0.3, -0.25) is 19.7 Å². The molecule has 2 saturated heterocycles. The third-order valence-corrected chi connectivity index (χ3v) is 8.18. The van der Waals surface area contributed by atoms with E-state index in [1.807, 2.05) is 24.3 Å². The third kappa shape index (κ3) is 4.33. The van der Waals surface area contributed by atoms with Gasteiger partial charge in [0.15, 0.2) is 0 Å². The molecule has 3 fully saturated rings. The Labute approximate surface area is 211 Å². The van der Waals surface area contributed by atoms with Crippen LogP contribution in [0, 0.1) is 17.8 Å². The van der Waals surface area contributed by atoms with Crippen LogP contribution in [-0.2, 0) is 19.1 Å². The number of carbonyl (C=O) groups excluding carboxylic acids is 3. The molecule has 0 aromatic heterocycles. The van der Waals surface area contributed by atoms with E-state index in [-0.39, 0.29) is 23.3 Å². The normalized spacial score (nSPS) is 29.3. The topological polar surface area (TPSA) is 109 Å². The van der Waals surface area contributed by atoms with Crippen molar-refractivity contribution in [3.63, 3.8) is 0 Å². The molecule has 4 aliphatic rings. The number of amides is 3. The number of carbonyl (C=O) groups is 3. The first-order valence-corrected chi connectivity index (χ1v) is 12.9. The highest BCUT2D eigenvalue weighted by Gasteiger charge is 2.59. The average molecular weight is 495 g/mol. The van der Waals surface area contributed by atoms with Gasteiger partial charge in [-0.2, -0.15) is 0 Å². The molecule has 1 spiro atoms. The Morgan fingerprint density at radius 2 is 1.89 bits per heavy atom. The Bertz CT molecular complexity index is 1060. The molecule has 1 unspecified atom stereocenters. The molecule has 5 atom stereocenters. The van der Waals surface area contributed by atoms with Gasteiger partial charge in [-0.1, -0.05) is 37.0 Å². The number of terminal acetylenes is 1. The van der Waals surface area contributed by atoms with E-state index >= 15 is 0 Å². The summed E-state index contributed by atoms with van der Waals surface area (Å²) in [6.07, 6.45) is 10.4. The Balaban J connectivity index is 1.41. The van der Waals surface area contributed by atoms with Crippen LogP contribution in [0.1, 0.15) is 56.6 Å². The van der Waals surface area contributed by atoms with Crippen molar-refractivity contribution < 1.29 is 23.9 Å². The highest BCUT2D eigenvalue weighted by Crippen LogP contribution is 2.53. The number of ether oxygens (including phenoxy) is 2. The minimum Gasteiger partial charge on any atom is -0.493 e. The molecule has 1 aromatic carbocycles. The molecule has 3 aliphatic heterocycles. The van der Waals surface area contributed by atoms with Gasteiger partial charge >= 0.3 is 0 Å². The number of benzene rings is 1. The molecular formula is C27H34N4O5. The van der Waals surface area contributed by atoms with Crippen molar-refractivity contribution in [2.75, 3.05) is 20.3 Å². The summed E-state index contributed by atoms with van der Waals surface area (Å²) < 4.78 is 11.9. The maximum atomic E-state index is 14.0. The van der Waals surface area contributed by atoms with Gasteiger partial charge in [0.25, 0.3) is 0 Å². The predicted molar refractivity (Wildman–Crippen MR) is 132 cm³/mol. The zero-order valence-electron chi connectivity index (χ0n) is 20.6. The Hall–Kier alpha value is -3.09. The van der Waals surface area contributed by atoms with Crippen molar-refractivity contribution in [3.05, 3.63) is 29.8 Å². The first kappa shape index (κ1) is 24.6. The number of likely N-dealkylation sites (N-methyl/N-ethyl adjacent to an activating group) is 1. The molecule has 3 amide bonds. The number of hydrogen-bond acceptors (Lipinski definition) is 6. The number of nitrogens with zero attached hydrogens (tertiary/aromatic N) is 1. The van der Waals surface area contributed by atoms with Crippen LogP contribution < -0.4 is 20.7 Å². The van der Waals surface area contributed by atoms with Crippen LogP contribution in [0.3, 0.4) is 0 Å². The summed E-state index contributed by atoms with van der Waals surface area (Å²) in [5, 5.41) is 8.79. The molecule has 192 valence electrons. The molecule has 0 radical (unpaired) electrons. The Morgan fingerprint density at radius 3 is 2.64 bits per heavy atom. The lowest BCUT2D eigenvalue weighted by atomic mass is 9.77. The number of hydrogen-bond donors (Lipinski definition) is 3. The first-order chi connectivity index (χ1) is 17.5. The van der Waals surface area contributed by atoms with E-state index in [0.717, 1.165) is 37.0 Å². The third-order valence-electron chi connectivity index (χ3n) is 8.18. The van der Waals surface area contributed by atoms with Crippen molar-refractivity contribution in [1.82, 2.24) is 20.9 Å². The van der Waals surface area contributed by atoms with E-state index in [1.165, 1.54) is 0 Å². The number of nitrogens with one attached hydrogen (secondary N) is 3. The second-order valence-electron chi connectivity index (χ2n) is 10.2. The fraction of sp³-hybridized carbons (Fsp3) is 0.593. The van der Waals surface area contributed by atoms with Gasteiger partial charge in [-0.25, -0.2) is 0 Å². The van der Waals surface area contributed by atoms with Gasteiger partial charge in [0.2, 0.25) is 17.7 Å². The fourth-order valence-corrected chi connectivity index (χ4v) is 6.44. The zero-order chi connectivity index (χ0) is 25.3. The van der Waals surface area contributed by atoms with Gasteiger partial charge in [0.1, 0.15) is 30.1 Å². The van der Waals surface area contributed by atoms with Crippen molar-refractivity contribution in [2.24, 2.45) is 5.41 Å². The lowest BCUT2D eigenvalue weighted by Gasteiger charge is -2.37. The summed E-state index contributed by atoms with van der Waals surface area (Å²) in [4.78, 5) is 42.1. The molecule has 5 rings (SSSR count). The largest absolute Gasteiger partial charge is 0.493 e. The summed E-state index contributed by atoms with van der Waals surface area (Å²) in [7, 11) is 1.59. The second-order valence-corrected chi connectivity index (χ2v) is 10.2. The number of fused-ring (bicyclic) bond motifs is 2. The number of para-hydroxylation sites is 1. The molecule has 36 heavy (non-hydrogen) atoms. The maximum Gasteiger partial charge on any atom is 0.250 e. The van der Waals surface area contributed by atoms with Crippen LogP contribution in [0.4, 0.5) is 0 Å². The van der Waals surface area contributed by atoms with Crippen molar-refractivity contribution in [1.29, 1.82) is 0 Å². The van der Waals surface area contributed by atoms with Crippen LogP contribution in [0.25, 0.3) is 0 Å². The summed E-state index contributed by atoms with van der Waals surface area (Å²) in [6, 6.07) is 5.24. The summed E-state index contributed by atoms with van der Waals surface area (Å²) >= 11 is 0. The molecule has 9 nitrogen and oxygen atoms in total. The van der Waals surface area contributed by atoms with Crippen molar-refractivity contribution in [3.8, 4) is 18.1 Å². The average Bonchev–Trinajstić information content (AvgIpc) is 3.44. The van der Waals surface area contributed by atoms with Crippen LogP contribution in [0.2, 0.25) is 0 Å². The van der Waals surface area contributed by atoms with Gasteiger partial charge in [0, 0.05) is 30.2 Å². The minimum absolute atomic E-state index is 0.165. The highest BCUT2D eigenvalue weighted by molar-refractivity contribution is 5.95. The molecule has 3 N–H and O–H groups in total. The van der Waals surface area contributed by atoms with Crippen LogP contribution in [0.5, 0.6) is 5.75 Å². The smallest absolute Gasteiger partial charge is 0.250 e. The SMILES string of the molecule is C#C[C@H](NC)C(=O)N[C@H]1CCOC2CC3(CCCC3)[C@@H](C(=O)N[C@@H]3CCOc4ccccc43)N2C1=O. The fourth-order valence-electron chi connectivity index (χ4n) is 6.44. The molecule has 3 heterocycles. The number of rotatable bonds is 5. The van der Waals surface area contributed by atoms with E-state index in [1.54, 1.807) is 11.9 Å². The standard InChI is InChI=1S/C27H34N4O5/c1-3-18(28-2)24(32)30-20-11-15-36-22-16-27(12-6-7-13-27)23(31(22)26(20)34)25(33)29-19-10-14-35-21-9-5-4-8-17(19)21/h1,4-5,8-9,18-20,22-23,28H,6-7,10-16H2,2H3,(H,29,33)(H,30,32)/t18-,19+,20-,22?,23+/m0/s1. The Morgan fingerprint density at radius 1 is 1.14 bits per heavy atom. The summed E-state index contributed by atoms with van der Waals surface area (Å²) in [5.41, 5.74) is 0.621. The molecule has 1 saturated carbocycles. The van der Waals surface area contributed by atoms with Crippen molar-refractivity contribution in [2.45, 2.75) is 75.3 Å². The quantitative estimate of drug-likeness (QED) is 0.532. The lowest BCUT2D eigenvalue weighted by molar-refractivity contribution is -0.150. The highest BCUT2D eigenvalue weighted by atomic mass is 16.5. The van der Waals surface area contributed by atoms with Crippen molar-refractivity contribution >= 4 is 17.7 Å². The van der Waals surface area contributed by atoms with E-state index in [4.69, 9.17) is 15.9 Å². The minimum atomic E-state index is -0.842. The van der Waals surface area contributed by atoms with Crippen LogP contribution in [0.15, 0.2) is 24.3 Å². The van der Waals surface area contributed by atoms with Crippen LogP contribution in [-0.4, -0.2) is 67.2 Å². The van der Waals surface area contributed by atoms with Crippen LogP contribution >= 0.6 is 0 Å². The van der Waals surface area contributed by atoms with E-state index in [9.17, 15) is 14.4 Å². The second kappa shape index (κ2) is 10.1. The lowest BCUT2D eigenvalue weighted by Crippen LogP contribution is -2.59. The molecule has 1 aliphatic carbocycles.